The summed E-state index contributed by atoms with van der Waals surface area (Å²) < 4.78 is 29.1. The SMILES string of the molecule is O=S(=O)(O)CCc1ccncc1.[H-].[K+]. The van der Waals surface area contributed by atoms with Crippen LogP contribution >= 0.6 is 0 Å². The van der Waals surface area contributed by atoms with Crippen molar-refractivity contribution in [2.24, 2.45) is 0 Å². The average molecular weight is 227 g/mol. The standard InChI is InChI=1S/C7H9NO3S.K.H/c9-12(10,11)6-3-7-1-4-8-5-2-7;;/h1-2,4-5H,3,6H2,(H,9,10,11);;/q;+1;-1. The number of hydrogen-bond acceptors (Lipinski definition) is 3. The molecule has 1 heterocycles. The molecule has 1 N–H and O–H groups in total. The van der Waals surface area contributed by atoms with E-state index in [1.807, 2.05) is 0 Å². The van der Waals surface area contributed by atoms with E-state index < -0.39 is 10.1 Å². The number of nitrogens with zero attached hydrogens (tertiary/aromatic N) is 1. The van der Waals surface area contributed by atoms with Crippen molar-refractivity contribution < 1.29 is 65.8 Å². The van der Waals surface area contributed by atoms with Crippen LogP contribution in [0.3, 0.4) is 0 Å². The molecule has 0 aliphatic carbocycles. The molecule has 0 aromatic carbocycles. The molecule has 1 aromatic heterocycles. The van der Waals surface area contributed by atoms with Crippen LogP contribution in [-0.4, -0.2) is 23.7 Å². The summed E-state index contributed by atoms with van der Waals surface area (Å²) in [6.45, 7) is 0. The Hall–Kier alpha value is 0.696. The summed E-state index contributed by atoms with van der Waals surface area (Å²) in [5.41, 5.74) is 0.850. The van der Waals surface area contributed by atoms with Gasteiger partial charge in [0.05, 0.1) is 5.75 Å². The zero-order chi connectivity index (χ0) is 9.03. The van der Waals surface area contributed by atoms with Crippen LogP contribution in [-0.2, 0) is 16.5 Å². The summed E-state index contributed by atoms with van der Waals surface area (Å²) in [5, 5.41) is 0. The van der Waals surface area contributed by atoms with Crippen molar-refractivity contribution in [2.45, 2.75) is 6.42 Å². The van der Waals surface area contributed by atoms with Crippen LogP contribution in [0.4, 0.5) is 0 Å². The third-order valence-electron chi connectivity index (χ3n) is 1.40. The molecule has 4 nitrogen and oxygen atoms in total. The van der Waals surface area contributed by atoms with Crippen LogP contribution in [0.5, 0.6) is 0 Å². The Bertz CT molecular complexity index is 343. The van der Waals surface area contributed by atoms with Gasteiger partial charge in [0.15, 0.2) is 0 Å². The van der Waals surface area contributed by atoms with Gasteiger partial charge in [-0.3, -0.25) is 9.54 Å². The Morgan fingerprint density at radius 2 is 1.92 bits per heavy atom. The molecule has 0 aliphatic rings. The Morgan fingerprint density at radius 1 is 1.38 bits per heavy atom. The maximum atomic E-state index is 10.3. The van der Waals surface area contributed by atoms with Crippen LogP contribution in [0, 0.1) is 0 Å². The van der Waals surface area contributed by atoms with E-state index in [1.54, 1.807) is 24.5 Å². The van der Waals surface area contributed by atoms with Crippen LogP contribution in [0.1, 0.15) is 6.99 Å². The second-order valence-electron chi connectivity index (χ2n) is 2.39. The average Bonchev–Trinajstić information content (AvgIpc) is 2.02. The molecule has 0 bridgehead atoms. The van der Waals surface area contributed by atoms with Crippen molar-refractivity contribution in [3.8, 4) is 0 Å². The number of rotatable bonds is 3. The van der Waals surface area contributed by atoms with E-state index in [0.717, 1.165) is 5.56 Å². The van der Waals surface area contributed by atoms with E-state index >= 15 is 0 Å². The zero-order valence-corrected chi connectivity index (χ0v) is 11.3. The normalized spacial score (nSPS) is 10.5. The Morgan fingerprint density at radius 3 is 2.38 bits per heavy atom. The van der Waals surface area contributed by atoms with Gasteiger partial charge in [-0.25, -0.2) is 0 Å². The largest absolute Gasteiger partial charge is 1.00 e. The molecule has 0 atom stereocenters. The van der Waals surface area contributed by atoms with Crippen LogP contribution in [0.25, 0.3) is 0 Å². The zero-order valence-electron chi connectivity index (χ0n) is 8.34. The summed E-state index contributed by atoms with van der Waals surface area (Å²) >= 11 is 0. The maximum absolute atomic E-state index is 10.3. The molecule has 1 aromatic rings. The second-order valence-corrected chi connectivity index (χ2v) is 3.96. The van der Waals surface area contributed by atoms with E-state index in [2.05, 4.69) is 4.98 Å². The van der Waals surface area contributed by atoms with E-state index in [1.165, 1.54) is 0 Å². The fourth-order valence-corrected chi connectivity index (χ4v) is 1.29. The van der Waals surface area contributed by atoms with Gasteiger partial charge in [0.2, 0.25) is 0 Å². The maximum Gasteiger partial charge on any atom is 1.00 e. The first-order valence-corrected chi connectivity index (χ1v) is 5.03. The predicted molar refractivity (Wildman–Crippen MR) is 45.5 cm³/mol. The van der Waals surface area contributed by atoms with Gasteiger partial charge in [-0.15, -0.1) is 0 Å². The van der Waals surface area contributed by atoms with Gasteiger partial charge in [0.25, 0.3) is 10.1 Å². The predicted octanol–water partition coefficient (Wildman–Crippen LogP) is -2.37. The van der Waals surface area contributed by atoms with Crippen molar-refractivity contribution in [2.75, 3.05) is 5.75 Å². The molecule has 0 radical (unpaired) electrons. The first-order valence-electron chi connectivity index (χ1n) is 3.42. The molecule has 0 amide bonds. The smallest absolute Gasteiger partial charge is 1.00 e. The van der Waals surface area contributed by atoms with Gasteiger partial charge < -0.3 is 1.43 Å². The summed E-state index contributed by atoms with van der Waals surface area (Å²) in [6, 6.07) is 3.43. The first kappa shape index (κ1) is 13.7. The van der Waals surface area contributed by atoms with Crippen molar-refractivity contribution in [1.82, 2.24) is 4.98 Å². The third-order valence-corrected chi connectivity index (χ3v) is 2.12. The minimum absolute atomic E-state index is 0. The third kappa shape index (κ3) is 6.73. The summed E-state index contributed by atoms with van der Waals surface area (Å²) in [6.07, 6.45) is 3.49. The molecule has 0 aliphatic heterocycles. The quantitative estimate of drug-likeness (QED) is 0.463. The van der Waals surface area contributed by atoms with Gasteiger partial charge in [0.1, 0.15) is 0 Å². The van der Waals surface area contributed by atoms with E-state index in [4.69, 9.17) is 4.55 Å². The number of aromatic nitrogens is 1. The molecule has 0 spiro atoms. The molecule has 0 saturated carbocycles. The molecule has 68 valence electrons. The second kappa shape index (κ2) is 6.23. The van der Waals surface area contributed by atoms with Gasteiger partial charge in [0, 0.05) is 12.4 Å². The minimum Gasteiger partial charge on any atom is -1.00 e. The monoisotopic (exact) mass is 227 g/mol. The fourth-order valence-electron chi connectivity index (χ4n) is 0.796. The molecule has 13 heavy (non-hydrogen) atoms. The van der Waals surface area contributed by atoms with Crippen molar-refractivity contribution in [3.05, 3.63) is 30.1 Å². The number of pyridine rings is 1. The first-order chi connectivity index (χ1) is 5.58. The van der Waals surface area contributed by atoms with Gasteiger partial charge in [-0.2, -0.15) is 8.42 Å². The topological polar surface area (TPSA) is 67.3 Å². The van der Waals surface area contributed by atoms with Crippen molar-refractivity contribution in [1.29, 1.82) is 0 Å². The molecule has 0 fully saturated rings. The van der Waals surface area contributed by atoms with Crippen LogP contribution < -0.4 is 51.4 Å². The molecular formula is C7H10KNO3S. The number of hydrogen-bond donors (Lipinski definition) is 1. The summed E-state index contributed by atoms with van der Waals surface area (Å²) in [7, 11) is -3.84. The summed E-state index contributed by atoms with van der Waals surface area (Å²) in [4.78, 5) is 3.78. The number of aryl methyl sites for hydroxylation is 1. The van der Waals surface area contributed by atoms with Crippen LogP contribution in [0.15, 0.2) is 24.5 Å². The minimum atomic E-state index is -3.84. The van der Waals surface area contributed by atoms with Gasteiger partial charge >= 0.3 is 51.4 Å². The molecular weight excluding hydrogens is 217 g/mol. The van der Waals surface area contributed by atoms with Gasteiger partial charge in [-0.05, 0) is 24.1 Å². The molecule has 0 unspecified atom stereocenters. The molecule has 0 saturated heterocycles. The van der Waals surface area contributed by atoms with Crippen molar-refractivity contribution in [3.63, 3.8) is 0 Å². The van der Waals surface area contributed by atoms with Gasteiger partial charge in [-0.1, -0.05) is 0 Å². The summed E-state index contributed by atoms with van der Waals surface area (Å²) in [5.74, 6) is -0.239. The Balaban J connectivity index is 0. The molecule has 1 rings (SSSR count). The van der Waals surface area contributed by atoms with E-state index in [-0.39, 0.29) is 58.6 Å². The molecule has 6 heteroatoms. The Labute approximate surface area is 121 Å². The van der Waals surface area contributed by atoms with Crippen molar-refractivity contribution >= 4 is 10.1 Å². The Kier molecular flexibility index (Phi) is 6.56. The fraction of sp³-hybridized carbons (Fsp3) is 0.286. The van der Waals surface area contributed by atoms with E-state index in [9.17, 15) is 8.42 Å². The van der Waals surface area contributed by atoms with Crippen LogP contribution in [0.2, 0.25) is 0 Å². The van der Waals surface area contributed by atoms with E-state index in [0.29, 0.717) is 6.42 Å².